The zero-order valence-electron chi connectivity index (χ0n) is 18.9. The van der Waals surface area contributed by atoms with Gasteiger partial charge in [0.1, 0.15) is 5.56 Å². The van der Waals surface area contributed by atoms with E-state index in [0.29, 0.717) is 34.2 Å². The number of nitrogens with zero attached hydrogens (tertiary/aromatic N) is 2. The number of hydrogen-bond acceptors (Lipinski definition) is 4. The van der Waals surface area contributed by atoms with Crippen LogP contribution in [0, 0.1) is 0 Å². The van der Waals surface area contributed by atoms with Gasteiger partial charge in [0.25, 0.3) is 17.0 Å². The SMILES string of the molecule is CCn1c(=O)c(C(=O)Nn2c(=O)[nH]c3ccccc3c2=O)c(Cc2ccccc2)c2ccccc21. The van der Waals surface area contributed by atoms with E-state index in [2.05, 4.69) is 10.4 Å². The molecule has 0 aliphatic carbocycles. The summed E-state index contributed by atoms with van der Waals surface area (Å²) in [5.41, 5.74) is 2.82. The molecule has 0 atom stereocenters. The Morgan fingerprint density at radius 3 is 2.23 bits per heavy atom. The van der Waals surface area contributed by atoms with Gasteiger partial charge in [-0.25, -0.2) is 4.79 Å². The predicted molar refractivity (Wildman–Crippen MR) is 136 cm³/mol. The molecule has 2 heterocycles. The number of aromatic nitrogens is 3. The Morgan fingerprint density at radius 1 is 0.829 bits per heavy atom. The van der Waals surface area contributed by atoms with Gasteiger partial charge in [0.2, 0.25) is 0 Å². The summed E-state index contributed by atoms with van der Waals surface area (Å²) in [4.78, 5) is 55.3. The van der Waals surface area contributed by atoms with Gasteiger partial charge in [0.05, 0.1) is 16.4 Å². The third-order valence-corrected chi connectivity index (χ3v) is 6.07. The molecule has 0 radical (unpaired) electrons. The van der Waals surface area contributed by atoms with Gasteiger partial charge in [-0.2, -0.15) is 4.68 Å². The van der Waals surface area contributed by atoms with Crippen LogP contribution in [0.15, 0.2) is 93.2 Å². The summed E-state index contributed by atoms with van der Waals surface area (Å²) in [6, 6.07) is 23.4. The van der Waals surface area contributed by atoms with E-state index >= 15 is 0 Å². The average molecular weight is 466 g/mol. The first-order valence-corrected chi connectivity index (χ1v) is 11.2. The first-order valence-electron chi connectivity index (χ1n) is 11.2. The molecule has 0 unspecified atom stereocenters. The number of para-hydroxylation sites is 2. The zero-order chi connectivity index (χ0) is 24.5. The summed E-state index contributed by atoms with van der Waals surface area (Å²) in [6.45, 7) is 2.17. The van der Waals surface area contributed by atoms with E-state index in [1.165, 1.54) is 4.57 Å². The normalized spacial score (nSPS) is 11.1. The molecule has 0 saturated carbocycles. The van der Waals surface area contributed by atoms with Crippen LogP contribution in [0.3, 0.4) is 0 Å². The number of rotatable bonds is 5. The largest absolute Gasteiger partial charge is 0.348 e. The lowest BCUT2D eigenvalue weighted by molar-refractivity contribution is 0.100. The molecular formula is C27H22N4O4. The number of pyridine rings is 1. The van der Waals surface area contributed by atoms with Crippen molar-refractivity contribution in [3.8, 4) is 0 Å². The Kier molecular flexibility index (Phi) is 5.62. The highest BCUT2D eigenvalue weighted by atomic mass is 16.2. The zero-order valence-corrected chi connectivity index (χ0v) is 18.9. The Labute approximate surface area is 199 Å². The van der Waals surface area contributed by atoms with E-state index in [0.717, 1.165) is 10.9 Å². The fraction of sp³-hybridized carbons (Fsp3) is 0.111. The van der Waals surface area contributed by atoms with Gasteiger partial charge in [-0.3, -0.25) is 19.8 Å². The van der Waals surface area contributed by atoms with Gasteiger partial charge in [0, 0.05) is 11.9 Å². The third-order valence-electron chi connectivity index (χ3n) is 6.07. The molecule has 3 aromatic carbocycles. The average Bonchev–Trinajstić information content (AvgIpc) is 2.87. The molecule has 0 bridgehead atoms. The number of hydrogen-bond donors (Lipinski definition) is 2. The molecule has 35 heavy (non-hydrogen) atoms. The van der Waals surface area contributed by atoms with Crippen molar-refractivity contribution in [1.29, 1.82) is 0 Å². The van der Waals surface area contributed by atoms with Crippen molar-refractivity contribution in [2.24, 2.45) is 0 Å². The van der Waals surface area contributed by atoms with Crippen LogP contribution in [0.2, 0.25) is 0 Å². The predicted octanol–water partition coefficient (Wildman–Crippen LogP) is 3.00. The van der Waals surface area contributed by atoms with Crippen LogP contribution in [0.25, 0.3) is 21.8 Å². The van der Waals surface area contributed by atoms with Crippen LogP contribution < -0.4 is 22.2 Å². The molecule has 0 fully saturated rings. The number of carbonyl (C=O) groups is 1. The van der Waals surface area contributed by atoms with Crippen LogP contribution in [0.1, 0.15) is 28.4 Å². The van der Waals surface area contributed by atoms with Gasteiger partial charge in [-0.1, -0.05) is 60.7 Å². The minimum absolute atomic E-state index is 0.103. The van der Waals surface area contributed by atoms with E-state index in [1.54, 1.807) is 24.3 Å². The first kappa shape index (κ1) is 22.1. The molecule has 0 saturated heterocycles. The second-order valence-corrected chi connectivity index (χ2v) is 8.14. The van der Waals surface area contributed by atoms with Crippen LogP contribution in [0.4, 0.5) is 0 Å². The Balaban J connectivity index is 1.72. The van der Waals surface area contributed by atoms with Crippen LogP contribution in [0.5, 0.6) is 0 Å². The number of fused-ring (bicyclic) bond motifs is 2. The van der Waals surface area contributed by atoms with E-state index in [1.807, 2.05) is 61.5 Å². The van der Waals surface area contributed by atoms with Crippen molar-refractivity contribution in [3.05, 3.63) is 127 Å². The minimum atomic E-state index is -0.822. The quantitative estimate of drug-likeness (QED) is 0.415. The molecule has 0 aliphatic rings. The van der Waals surface area contributed by atoms with E-state index in [9.17, 15) is 19.2 Å². The monoisotopic (exact) mass is 466 g/mol. The lowest BCUT2D eigenvalue weighted by atomic mass is 9.95. The van der Waals surface area contributed by atoms with Gasteiger partial charge < -0.3 is 9.55 Å². The van der Waals surface area contributed by atoms with Crippen LogP contribution in [-0.2, 0) is 13.0 Å². The van der Waals surface area contributed by atoms with Gasteiger partial charge in [-0.15, -0.1) is 0 Å². The highest BCUT2D eigenvalue weighted by Crippen LogP contribution is 2.23. The lowest BCUT2D eigenvalue weighted by Crippen LogP contribution is -2.45. The number of carbonyl (C=O) groups excluding carboxylic acids is 1. The number of benzene rings is 3. The van der Waals surface area contributed by atoms with Crippen molar-refractivity contribution in [1.82, 2.24) is 14.2 Å². The molecule has 0 spiro atoms. The topological polar surface area (TPSA) is 106 Å². The summed E-state index contributed by atoms with van der Waals surface area (Å²) in [5, 5.41) is 0.990. The summed E-state index contributed by atoms with van der Waals surface area (Å²) in [6.07, 6.45) is 0.326. The van der Waals surface area contributed by atoms with Crippen molar-refractivity contribution in [2.45, 2.75) is 19.9 Å². The molecule has 8 nitrogen and oxygen atoms in total. The van der Waals surface area contributed by atoms with Gasteiger partial charge in [-0.05, 0) is 42.7 Å². The van der Waals surface area contributed by atoms with Crippen LogP contribution in [-0.4, -0.2) is 20.1 Å². The van der Waals surface area contributed by atoms with Gasteiger partial charge in [0.15, 0.2) is 0 Å². The fourth-order valence-electron chi connectivity index (χ4n) is 4.43. The maximum atomic E-state index is 13.6. The van der Waals surface area contributed by atoms with Crippen LogP contribution >= 0.6 is 0 Å². The molecule has 174 valence electrons. The third kappa shape index (κ3) is 3.85. The van der Waals surface area contributed by atoms with Crippen molar-refractivity contribution in [3.63, 3.8) is 0 Å². The fourth-order valence-corrected chi connectivity index (χ4v) is 4.43. The Morgan fingerprint density at radius 2 is 1.49 bits per heavy atom. The van der Waals surface area contributed by atoms with E-state index in [4.69, 9.17) is 0 Å². The highest BCUT2D eigenvalue weighted by molar-refractivity contribution is 6.04. The van der Waals surface area contributed by atoms with Gasteiger partial charge >= 0.3 is 5.69 Å². The molecule has 1 amide bonds. The number of amides is 1. The second-order valence-electron chi connectivity index (χ2n) is 8.14. The maximum Gasteiger partial charge on any atom is 0.348 e. The first-order chi connectivity index (χ1) is 17.0. The van der Waals surface area contributed by atoms with Crippen molar-refractivity contribution < 1.29 is 4.79 Å². The standard InChI is InChI=1S/C27H22N4O4/c1-2-30-22-15-9-7-12-18(22)20(16-17-10-4-3-5-11-17)23(26(30)34)24(32)29-31-25(33)19-13-6-8-14-21(19)28-27(31)35/h3-15H,2,16H2,1H3,(H,28,35)(H,29,32). The summed E-state index contributed by atoms with van der Waals surface area (Å²) in [5.74, 6) is -0.822. The number of H-pyrrole nitrogens is 1. The molecule has 5 aromatic rings. The summed E-state index contributed by atoms with van der Waals surface area (Å²) >= 11 is 0. The smallest absolute Gasteiger partial charge is 0.308 e. The van der Waals surface area contributed by atoms with Crippen molar-refractivity contribution >= 4 is 27.7 Å². The molecular weight excluding hydrogens is 444 g/mol. The molecule has 2 aromatic heterocycles. The molecule has 0 aliphatic heterocycles. The van der Waals surface area contributed by atoms with Crippen molar-refractivity contribution in [2.75, 3.05) is 5.43 Å². The molecule has 8 heteroatoms. The number of nitrogens with one attached hydrogen (secondary N) is 2. The number of aromatic amines is 1. The Hall–Kier alpha value is -4.72. The molecule has 2 N–H and O–H groups in total. The molecule has 5 rings (SSSR count). The second kappa shape index (κ2) is 8.90. The lowest BCUT2D eigenvalue weighted by Gasteiger charge is -2.17. The highest BCUT2D eigenvalue weighted by Gasteiger charge is 2.23. The minimum Gasteiger partial charge on any atom is -0.308 e. The summed E-state index contributed by atoms with van der Waals surface area (Å²) < 4.78 is 2.13. The maximum absolute atomic E-state index is 13.6. The number of aryl methyl sites for hydroxylation is 1. The Bertz CT molecular complexity index is 1760. The summed E-state index contributed by atoms with van der Waals surface area (Å²) in [7, 11) is 0. The van der Waals surface area contributed by atoms with E-state index in [-0.39, 0.29) is 10.9 Å². The van der Waals surface area contributed by atoms with E-state index < -0.39 is 22.7 Å².